The molecule has 0 fully saturated rings. The summed E-state index contributed by atoms with van der Waals surface area (Å²) in [6, 6.07) is 0. The second kappa shape index (κ2) is 18.5. The number of hydrogen-bond acceptors (Lipinski definition) is 4. The van der Waals surface area contributed by atoms with Crippen molar-refractivity contribution in [2.45, 2.75) is 20.8 Å². The predicted octanol–water partition coefficient (Wildman–Crippen LogP) is -0.104. The van der Waals surface area contributed by atoms with Crippen LogP contribution in [-0.2, 0) is 14.4 Å². The fourth-order valence-corrected chi connectivity index (χ4v) is 0. The average Bonchev–Trinajstić information content (AvgIpc) is 1.76. The van der Waals surface area contributed by atoms with Gasteiger partial charge in [-0.25, -0.2) is 4.79 Å². The summed E-state index contributed by atoms with van der Waals surface area (Å²) in [5, 5.41) is 29.4. The number of carboxylic acids is 3. The smallest absolute Gasteiger partial charge is 0.402 e. The lowest BCUT2D eigenvalue weighted by molar-refractivity contribution is -0.135. The molecule has 0 spiro atoms. The first kappa shape index (κ1) is 23.5. The van der Waals surface area contributed by atoms with Gasteiger partial charge in [0.25, 0.3) is 17.9 Å². The highest BCUT2D eigenvalue weighted by Gasteiger charge is 1.66. The Balaban J connectivity index is -0.0000000600. The topological polar surface area (TPSA) is 175 Å². The third-order valence-corrected chi connectivity index (χ3v) is 0. The maximum Gasteiger partial charge on any atom is 0.402 e. The number of carbonyl (C=O) groups is 4. The number of nitrogens with two attached hydrogens (primary N) is 1. The van der Waals surface area contributed by atoms with Gasteiger partial charge in [-0.15, -0.1) is 0 Å². The van der Waals surface area contributed by atoms with Crippen LogP contribution in [0.4, 0.5) is 4.79 Å². The van der Waals surface area contributed by atoms with E-state index in [2.05, 4.69) is 5.73 Å². The second-order valence-corrected chi connectivity index (χ2v) is 1.90. The molecule has 0 rings (SSSR count). The Labute approximate surface area is 91.1 Å². The lowest BCUT2D eigenvalue weighted by atomic mass is 10.9. The first-order valence-corrected chi connectivity index (χ1v) is 3.50. The normalized spacial score (nSPS) is 6.19. The molecule has 0 aliphatic rings. The molecular formula is C7H15NO8. The van der Waals surface area contributed by atoms with Crippen LogP contribution >= 0.6 is 0 Å². The highest BCUT2D eigenvalue weighted by molar-refractivity contribution is 5.63. The summed E-state index contributed by atoms with van der Waals surface area (Å²) in [7, 11) is 0. The van der Waals surface area contributed by atoms with Crippen molar-refractivity contribution >= 4 is 24.0 Å². The lowest BCUT2D eigenvalue weighted by Crippen LogP contribution is -2.03. The molecule has 9 heteroatoms. The standard InChI is InChI=1S/3C2H4O2.CH3NO2/c3*1-2(3)4;2-1(3)4/h3*1H3,(H,3,4);2H2,(H,3,4). The predicted molar refractivity (Wildman–Crippen MR) is 52.1 cm³/mol. The van der Waals surface area contributed by atoms with Crippen LogP contribution in [0.3, 0.4) is 0 Å². The number of amides is 1. The third-order valence-electron chi connectivity index (χ3n) is 0. The maximum atomic E-state index is 9.00. The lowest BCUT2D eigenvalue weighted by Gasteiger charge is -1.61. The van der Waals surface area contributed by atoms with Gasteiger partial charge in [-0.05, 0) is 0 Å². The fraction of sp³-hybridized carbons (Fsp3) is 0.429. The molecule has 0 saturated carbocycles. The van der Waals surface area contributed by atoms with E-state index in [1.165, 1.54) is 0 Å². The van der Waals surface area contributed by atoms with Crippen LogP contribution in [0, 0.1) is 0 Å². The van der Waals surface area contributed by atoms with E-state index >= 15 is 0 Å². The molecule has 96 valence electrons. The Morgan fingerprint density at radius 2 is 0.688 bits per heavy atom. The summed E-state index contributed by atoms with van der Waals surface area (Å²) in [6.07, 6.45) is -1.33. The molecule has 0 aliphatic heterocycles. The Morgan fingerprint density at radius 3 is 0.688 bits per heavy atom. The minimum atomic E-state index is -1.33. The SMILES string of the molecule is CC(=O)O.CC(=O)O.CC(=O)O.NC(=O)O. The van der Waals surface area contributed by atoms with Crippen LogP contribution in [0.5, 0.6) is 0 Å². The molecule has 0 heterocycles. The number of carboxylic acid groups (broad SMARTS) is 4. The molecule has 0 aromatic heterocycles. The van der Waals surface area contributed by atoms with E-state index in [9.17, 15) is 0 Å². The number of primary amides is 1. The first-order chi connectivity index (χ1) is 6.93. The monoisotopic (exact) mass is 241 g/mol. The van der Waals surface area contributed by atoms with E-state index in [0.717, 1.165) is 20.8 Å². The van der Waals surface area contributed by atoms with Crippen LogP contribution in [0.25, 0.3) is 0 Å². The summed E-state index contributed by atoms with van der Waals surface area (Å²) in [6.45, 7) is 3.25. The quantitative estimate of drug-likeness (QED) is 0.390. The van der Waals surface area contributed by atoms with Gasteiger partial charge in [-0.1, -0.05) is 0 Å². The van der Waals surface area contributed by atoms with Crippen molar-refractivity contribution in [2.24, 2.45) is 5.73 Å². The summed E-state index contributed by atoms with van der Waals surface area (Å²) in [5.74, 6) is -2.50. The molecular weight excluding hydrogens is 226 g/mol. The van der Waals surface area contributed by atoms with Crippen molar-refractivity contribution in [1.82, 2.24) is 0 Å². The zero-order chi connectivity index (χ0) is 14.3. The summed E-state index contributed by atoms with van der Waals surface area (Å²) >= 11 is 0. The third kappa shape index (κ3) is 248. The van der Waals surface area contributed by atoms with Gasteiger partial charge < -0.3 is 26.2 Å². The zero-order valence-electron chi connectivity index (χ0n) is 9.00. The maximum absolute atomic E-state index is 9.00. The van der Waals surface area contributed by atoms with E-state index in [-0.39, 0.29) is 0 Å². The Hall–Kier alpha value is -2.32. The van der Waals surface area contributed by atoms with Gasteiger partial charge >= 0.3 is 6.09 Å². The van der Waals surface area contributed by atoms with Crippen molar-refractivity contribution in [3.63, 3.8) is 0 Å². The van der Waals surface area contributed by atoms with Crippen LogP contribution < -0.4 is 5.73 Å². The van der Waals surface area contributed by atoms with Gasteiger partial charge in [-0.3, -0.25) is 14.4 Å². The first-order valence-electron chi connectivity index (χ1n) is 3.50. The highest BCUT2D eigenvalue weighted by Crippen LogP contribution is 1.42. The van der Waals surface area contributed by atoms with Gasteiger partial charge in [0, 0.05) is 20.8 Å². The molecule has 16 heavy (non-hydrogen) atoms. The molecule has 0 aliphatic carbocycles. The molecule has 0 radical (unpaired) electrons. The van der Waals surface area contributed by atoms with E-state index in [4.69, 9.17) is 39.6 Å². The molecule has 6 N–H and O–H groups in total. The molecule has 0 bridgehead atoms. The van der Waals surface area contributed by atoms with Crippen molar-refractivity contribution in [3.8, 4) is 0 Å². The van der Waals surface area contributed by atoms with Gasteiger partial charge in [0.05, 0.1) is 0 Å². The molecule has 0 aromatic carbocycles. The Bertz CT molecular complexity index is 160. The van der Waals surface area contributed by atoms with Gasteiger partial charge in [0.15, 0.2) is 0 Å². The molecule has 0 unspecified atom stereocenters. The van der Waals surface area contributed by atoms with Crippen molar-refractivity contribution in [3.05, 3.63) is 0 Å². The van der Waals surface area contributed by atoms with Gasteiger partial charge in [-0.2, -0.15) is 0 Å². The highest BCUT2D eigenvalue weighted by atomic mass is 16.4. The summed E-state index contributed by atoms with van der Waals surface area (Å²) in [5.41, 5.74) is 4.03. The zero-order valence-corrected chi connectivity index (χ0v) is 9.00. The number of hydrogen-bond donors (Lipinski definition) is 5. The van der Waals surface area contributed by atoms with Gasteiger partial charge in [0.1, 0.15) is 0 Å². The average molecular weight is 241 g/mol. The van der Waals surface area contributed by atoms with E-state index in [0.29, 0.717) is 0 Å². The molecule has 0 aromatic rings. The second-order valence-electron chi connectivity index (χ2n) is 1.90. The minimum absolute atomic E-state index is 0.833. The van der Waals surface area contributed by atoms with E-state index < -0.39 is 24.0 Å². The van der Waals surface area contributed by atoms with Crippen LogP contribution in [0.15, 0.2) is 0 Å². The minimum Gasteiger partial charge on any atom is -0.481 e. The van der Waals surface area contributed by atoms with Crippen molar-refractivity contribution in [2.75, 3.05) is 0 Å². The van der Waals surface area contributed by atoms with Gasteiger partial charge in [0.2, 0.25) is 0 Å². The molecule has 0 saturated heterocycles. The molecule has 9 nitrogen and oxygen atoms in total. The van der Waals surface area contributed by atoms with E-state index in [1.54, 1.807) is 0 Å². The fourth-order valence-electron chi connectivity index (χ4n) is 0. The largest absolute Gasteiger partial charge is 0.481 e. The summed E-state index contributed by atoms with van der Waals surface area (Å²) < 4.78 is 0. The number of rotatable bonds is 0. The molecule has 0 atom stereocenters. The van der Waals surface area contributed by atoms with Crippen molar-refractivity contribution in [1.29, 1.82) is 0 Å². The number of aliphatic carboxylic acids is 3. The van der Waals surface area contributed by atoms with Crippen LogP contribution in [0.2, 0.25) is 0 Å². The summed E-state index contributed by atoms with van der Waals surface area (Å²) in [4.78, 5) is 35.8. The Morgan fingerprint density at radius 1 is 0.688 bits per heavy atom. The van der Waals surface area contributed by atoms with E-state index in [1.807, 2.05) is 0 Å². The van der Waals surface area contributed by atoms with Crippen LogP contribution in [-0.4, -0.2) is 44.4 Å². The Kier molecular flexibility index (Phi) is 27.1. The molecule has 1 amide bonds. The van der Waals surface area contributed by atoms with Crippen molar-refractivity contribution < 1.29 is 39.6 Å². The van der Waals surface area contributed by atoms with Crippen LogP contribution in [0.1, 0.15) is 20.8 Å².